The van der Waals surface area contributed by atoms with Gasteiger partial charge in [-0.3, -0.25) is 9.80 Å². The third kappa shape index (κ3) is 3.26. The Balaban J connectivity index is 1.51. The van der Waals surface area contributed by atoms with E-state index in [2.05, 4.69) is 33.9 Å². The van der Waals surface area contributed by atoms with Gasteiger partial charge in [-0.05, 0) is 17.9 Å². The zero-order valence-corrected chi connectivity index (χ0v) is 12.1. The summed E-state index contributed by atoms with van der Waals surface area (Å²) in [5.74, 6) is 0. The molecule has 0 radical (unpaired) electrons. The van der Waals surface area contributed by atoms with Crippen molar-refractivity contribution in [3.8, 4) is 0 Å². The maximum Gasteiger partial charge on any atom is 0.0721 e. The van der Waals surface area contributed by atoms with Crippen molar-refractivity contribution < 1.29 is 4.74 Å². The van der Waals surface area contributed by atoms with E-state index in [1.54, 1.807) is 0 Å². The Labute approximate surface area is 119 Å². The molecule has 3 nitrogen and oxygen atoms in total. The van der Waals surface area contributed by atoms with Crippen LogP contribution in [0.1, 0.15) is 11.3 Å². The zero-order chi connectivity index (χ0) is 13.1. The van der Waals surface area contributed by atoms with Crippen molar-refractivity contribution in [1.29, 1.82) is 0 Å². The molecule has 2 aliphatic rings. The number of ether oxygens (including phenoxy) is 1. The summed E-state index contributed by atoms with van der Waals surface area (Å²) < 4.78 is 5.81. The molecule has 0 saturated carbocycles. The number of fused-ring (bicyclic) bond motifs is 1. The van der Waals surface area contributed by atoms with Crippen LogP contribution in [-0.2, 0) is 11.3 Å². The van der Waals surface area contributed by atoms with Crippen LogP contribution in [-0.4, -0.2) is 54.7 Å². The van der Waals surface area contributed by atoms with E-state index in [0.717, 1.165) is 13.1 Å². The second kappa shape index (κ2) is 6.18. The third-order valence-electron chi connectivity index (χ3n) is 4.07. The lowest BCUT2D eigenvalue weighted by Gasteiger charge is -2.37. The van der Waals surface area contributed by atoms with E-state index < -0.39 is 0 Å². The van der Waals surface area contributed by atoms with Gasteiger partial charge in [0.2, 0.25) is 0 Å². The molecular weight excluding hydrogens is 256 g/mol. The largest absolute Gasteiger partial charge is 0.373 e. The lowest BCUT2D eigenvalue weighted by molar-refractivity contribution is 0.0760. The van der Waals surface area contributed by atoms with Crippen molar-refractivity contribution in [1.82, 2.24) is 9.80 Å². The van der Waals surface area contributed by atoms with E-state index in [9.17, 15) is 0 Å². The van der Waals surface area contributed by atoms with Gasteiger partial charge in [0.1, 0.15) is 0 Å². The Morgan fingerprint density at radius 3 is 3.16 bits per heavy atom. The fourth-order valence-corrected chi connectivity index (χ4v) is 3.90. The van der Waals surface area contributed by atoms with Crippen LogP contribution in [0.5, 0.6) is 0 Å². The molecule has 104 valence electrons. The van der Waals surface area contributed by atoms with E-state index in [-0.39, 0.29) is 0 Å². The van der Waals surface area contributed by atoms with E-state index >= 15 is 0 Å². The van der Waals surface area contributed by atoms with Gasteiger partial charge in [0.05, 0.1) is 12.7 Å². The molecule has 4 heteroatoms. The Kier molecular flexibility index (Phi) is 4.33. The van der Waals surface area contributed by atoms with E-state index in [1.165, 1.54) is 30.9 Å². The molecule has 3 rings (SSSR count). The van der Waals surface area contributed by atoms with Gasteiger partial charge in [-0.1, -0.05) is 12.1 Å². The lowest BCUT2D eigenvalue weighted by Crippen LogP contribution is -2.49. The van der Waals surface area contributed by atoms with E-state index in [0.29, 0.717) is 18.8 Å². The first-order chi connectivity index (χ1) is 9.35. The molecule has 0 N–H and O–H groups in total. The number of rotatable bonds is 5. The molecule has 2 saturated heterocycles. The van der Waals surface area contributed by atoms with Crippen molar-refractivity contribution in [2.75, 3.05) is 32.8 Å². The average molecular weight is 278 g/mol. The first kappa shape index (κ1) is 13.3. The number of piperazine rings is 1. The summed E-state index contributed by atoms with van der Waals surface area (Å²) >= 11 is 1.86. The summed E-state index contributed by atoms with van der Waals surface area (Å²) in [6, 6.07) is 5.07. The molecule has 3 heterocycles. The molecule has 1 aromatic heterocycles. The van der Waals surface area contributed by atoms with Crippen molar-refractivity contribution >= 4 is 11.3 Å². The summed E-state index contributed by atoms with van der Waals surface area (Å²) in [4.78, 5) is 6.66. The fourth-order valence-electron chi connectivity index (χ4n) is 3.15. The highest BCUT2D eigenvalue weighted by Gasteiger charge is 2.36. The number of hydrogen-bond donors (Lipinski definition) is 0. The molecule has 0 amide bonds. The van der Waals surface area contributed by atoms with E-state index in [4.69, 9.17) is 4.74 Å². The van der Waals surface area contributed by atoms with E-state index in [1.807, 2.05) is 17.4 Å². The van der Waals surface area contributed by atoms with Crippen LogP contribution in [0.3, 0.4) is 0 Å². The Hall–Kier alpha value is -0.680. The molecule has 2 fully saturated rings. The summed E-state index contributed by atoms with van der Waals surface area (Å²) in [5.41, 5.74) is 0. The quantitative estimate of drug-likeness (QED) is 0.768. The Bertz CT molecular complexity index is 406. The molecule has 2 atom stereocenters. The molecule has 2 unspecified atom stereocenters. The zero-order valence-electron chi connectivity index (χ0n) is 11.3. The second-order valence-electron chi connectivity index (χ2n) is 5.44. The van der Waals surface area contributed by atoms with Gasteiger partial charge in [-0.15, -0.1) is 17.9 Å². The molecule has 2 aliphatic heterocycles. The molecule has 0 aliphatic carbocycles. The van der Waals surface area contributed by atoms with Crippen molar-refractivity contribution in [3.05, 3.63) is 35.0 Å². The first-order valence-corrected chi connectivity index (χ1v) is 7.94. The van der Waals surface area contributed by atoms with Gasteiger partial charge in [-0.2, -0.15) is 0 Å². The predicted molar refractivity (Wildman–Crippen MR) is 79.5 cm³/mol. The highest BCUT2D eigenvalue weighted by atomic mass is 32.1. The SMILES string of the molecule is C=CCOC1CC2CN(Cc3cccs3)CCN2C1. The number of hydrogen-bond acceptors (Lipinski definition) is 4. The summed E-state index contributed by atoms with van der Waals surface area (Å²) in [6.07, 6.45) is 3.43. The third-order valence-corrected chi connectivity index (χ3v) is 4.93. The van der Waals surface area contributed by atoms with Gasteiger partial charge in [-0.25, -0.2) is 0 Å². The van der Waals surface area contributed by atoms with Gasteiger partial charge in [0, 0.05) is 43.6 Å². The average Bonchev–Trinajstić information content (AvgIpc) is 3.04. The summed E-state index contributed by atoms with van der Waals surface area (Å²) in [6.45, 7) is 10.2. The number of nitrogens with zero attached hydrogens (tertiary/aromatic N) is 2. The van der Waals surface area contributed by atoms with Crippen LogP contribution in [0.2, 0.25) is 0 Å². The molecule has 19 heavy (non-hydrogen) atoms. The maximum atomic E-state index is 5.81. The van der Waals surface area contributed by atoms with Gasteiger partial charge in [0.15, 0.2) is 0 Å². The lowest BCUT2D eigenvalue weighted by atomic mass is 10.1. The van der Waals surface area contributed by atoms with Crippen LogP contribution in [0.4, 0.5) is 0 Å². The minimum absolute atomic E-state index is 0.407. The molecule has 0 aromatic carbocycles. The van der Waals surface area contributed by atoms with Crippen LogP contribution in [0.15, 0.2) is 30.2 Å². The predicted octanol–water partition coefficient (Wildman–Crippen LogP) is 2.21. The minimum Gasteiger partial charge on any atom is -0.373 e. The molecule has 0 spiro atoms. The highest BCUT2D eigenvalue weighted by molar-refractivity contribution is 7.09. The Morgan fingerprint density at radius 1 is 1.42 bits per heavy atom. The number of thiophene rings is 1. The van der Waals surface area contributed by atoms with Crippen LogP contribution >= 0.6 is 11.3 Å². The topological polar surface area (TPSA) is 15.7 Å². The van der Waals surface area contributed by atoms with Gasteiger partial charge >= 0.3 is 0 Å². The first-order valence-electron chi connectivity index (χ1n) is 7.06. The summed E-state index contributed by atoms with van der Waals surface area (Å²) in [5, 5.41) is 2.17. The highest BCUT2D eigenvalue weighted by Crippen LogP contribution is 2.25. The van der Waals surface area contributed by atoms with Crippen LogP contribution < -0.4 is 0 Å². The second-order valence-corrected chi connectivity index (χ2v) is 6.48. The minimum atomic E-state index is 0.407. The molecule has 1 aromatic rings. The normalized spacial score (nSPS) is 28.4. The van der Waals surface area contributed by atoms with Crippen molar-refractivity contribution in [2.24, 2.45) is 0 Å². The smallest absolute Gasteiger partial charge is 0.0721 e. The van der Waals surface area contributed by atoms with Crippen LogP contribution in [0.25, 0.3) is 0 Å². The fraction of sp³-hybridized carbons (Fsp3) is 0.600. The van der Waals surface area contributed by atoms with Gasteiger partial charge < -0.3 is 4.74 Å². The van der Waals surface area contributed by atoms with Crippen molar-refractivity contribution in [2.45, 2.75) is 25.1 Å². The maximum absolute atomic E-state index is 5.81. The Morgan fingerprint density at radius 2 is 2.37 bits per heavy atom. The van der Waals surface area contributed by atoms with Gasteiger partial charge in [0.25, 0.3) is 0 Å². The standard InChI is InChI=1S/C15H22N2OS/c1-2-7-18-14-9-13-10-16(5-6-17(13)11-14)12-15-4-3-8-19-15/h2-4,8,13-14H,1,5-7,9-12H2. The van der Waals surface area contributed by atoms with Crippen LogP contribution in [0, 0.1) is 0 Å². The molecule has 0 bridgehead atoms. The van der Waals surface area contributed by atoms with Crippen molar-refractivity contribution in [3.63, 3.8) is 0 Å². The monoisotopic (exact) mass is 278 g/mol. The summed E-state index contributed by atoms with van der Waals surface area (Å²) in [7, 11) is 0. The molecular formula is C15H22N2OS.